The molecule has 120 valence electrons. The van der Waals surface area contributed by atoms with Crippen LogP contribution in [-0.4, -0.2) is 31.6 Å². The zero-order chi connectivity index (χ0) is 15.9. The Morgan fingerprint density at radius 2 is 1.73 bits per heavy atom. The lowest BCUT2D eigenvalue weighted by Gasteiger charge is -2.16. The average Bonchev–Trinajstić information content (AvgIpc) is 2.71. The average molecular weight is 304 g/mol. The number of quaternary nitrogens is 1. The highest BCUT2D eigenvalue weighted by molar-refractivity contribution is 6.01. The summed E-state index contributed by atoms with van der Waals surface area (Å²) in [7, 11) is 0. The monoisotopic (exact) mass is 304 g/mol. The molecule has 1 aromatic rings. The molecule has 1 saturated heterocycles. The minimum Gasteiger partial charge on any atom is -0.327 e. The first kappa shape index (κ1) is 16.5. The third kappa shape index (κ3) is 5.15. The second kappa shape index (κ2) is 7.94. The van der Waals surface area contributed by atoms with E-state index in [4.69, 9.17) is 0 Å². The zero-order valence-corrected chi connectivity index (χ0v) is 13.5. The van der Waals surface area contributed by atoms with E-state index in [-0.39, 0.29) is 5.91 Å². The molecule has 1 aliphatic heterocycles. The van der Waals surface area contributed by atoms with E-state index in [9.17, 15) is 9.59 Å². The fraction of sp³-hybridized carbons (Fsp3) is 0.529. The molecule has 0 aromatic heterocycles. The van der Waals surface area contributed by atoms with Gasteiger partial charge >= 0.3 is 6.03 Å². The molecule has 5 heteroatoms. The molecular formula is C17H26N3O2+. The second-order valence-electron chi connectivity index (χ2n) is 6.14. The Kier molecular flexibility index (Phi) is 5.95. The Bertz CT molecular complexity index is 535. The number of imide groups is 1. The third-order valence-electron chi connectivity index (χ3n) is 4.24. The van der Waals surface area contributed by atoms with Crippen molar-refractivity contribution in [3.63, 3.8) is 0 Å². The van der Waals surface area contributed by atoms with Crippen LogP contribution in [0.2, 0.25) is 0 Å². The first-order valence-corrected chi connectivity index (χ1v) is 8.06. The lowest BCUT2D eigenvalue weighted by molar-refractivity contribution is -0.891. The van der Waals surface area contributed by atoms with Crippen molar-refractivity contribution in [2.24, 2.45) is 0 Å². The molecule has 0 atom stereocenters. The van der Waals surface area contributed by atoms with Crippen LogP contribution < -0.4 is 15.5 Å². The van der Waals surface area contributed by atoms with Crippen LogP contribution in [0.5, 0.6) is 0 Å². The number of carbonyl (C=O) groups is 2. The van der Waals surface area contributed by atoms with Crippen molar-refractivity contribution in [3.8, 4) is 0 Å². The normalized spacial score (nSPS) is 15.9. The van der Waals surface area contributed by atoms with Crippen molar-refractivity contribution < 1.29 is 14.5 Å². The molecule has 0 unspecified atom stereocenters. The Labute approximate surface area is 132 Å². The van der Waals surface area contributed by atoms with Crippen LogP contribution in [0.1, 0.15) is 36.8 Å². The summed E-state index contributed by atoms with van der Waals surface area (Å²) in [6.45, 7) is 6.43. The molecule has 3 N–H and O–H groups in total. The number of amides is 3. The smallest absolute Gasteiger partial charge is 0.326 e. The number of carbonyl (C=O) groups excluding carboxylic acids is 2. The van der Waals surface area contributed by atoms with E-state index in [1.165, 1.54) is 23.3 Å². The van der Waals surface area contributed by atoms with E-state index in [2.05, 4.69) is 10.6 Å². The Hall–Kier alpha value is -1.88. The predicted octanol–water partition coefficient (Wildman–Crippen LogP) is 1.41. The number of urea groups is 1. The van der Waals surface area contributed by atoms with Crippen LogP contribution in [0.3, 0.4) is 0 Å². The number of hydrogen-bond acceptors (Lipinski definition) is 2. The molecule has 2 rings (SSSR count). The molecule has 5 nitrogen and oxygen atoms in total. The molecule has 3 amide bonds. The number of nitrogens with one attached hydrogen (secondary N) is 3. The van der Waals surface area contributed by atoms with E-state index in [0.717, 1.165) is 31.5 Å². The number of likely N-dealkylation sites (tertiary alicyclic amines) is 1. The number of anilines is 1. The minimum atomic E-state index is -0.456. The molecule has 1 heterocycles. The molecule has 22 heavy (non-hydrogen) atoms. The summed E-state index contributed by atoms with van der Waals surface area (Å²) in [6.07, 6.45) is 4.83. The van der Waals surface area contributed by atoms with E-state index >= 15 is 0 Å². The maximum Gasteiger partial charge on any atom is 0.326 e. The summed E-state index contributed by atoms with van der Waals surface area (Å²) < 4.78 is 0. The first-order valence-electron chi connectivity index (χ1n) is 8.06. The molecule has 1 fully saturated rings. The van der Waals surface area contributed by atoms with Gasteiger partial charge < -0.3 is 10.2 Å². The van der Waals surface area contributed by atoms with Crippen molar-refractivity contribution in [2.75, 3.05) is 25.0 Å². The SMILES string of the molecule is Cc1ccc(NC(=O)NC(=O)C[NH+]2CCCCCC2)cc1C. The van der Waals surface area contributed by atoms with Gasteiger partial charge in [-0.25, -0.2) is 4.79 Å². The number of benzene rings is 1. The Morgan fingerprint density at radius 1 is 1.05 bits per heavy atom. The number of hydrogen-bond donors (Lipinski definition) is 3. The van der Waals surface area contributed by atoms with Crippen molar-refractivity contribution in [1.29, 1.82) is 0 Å². The van der Waals surface area contributed by atoms with Crippen molar-refractivity contribution in [3.05, 3.63) is 29.3 Å². The van der Waals surface area contributed by atoms with Gasteiger partial charge in [0.2, 0.25) is 0 Å². The van der Waals surface area contributed by atoms with E-state index < -0.39 is 6.03 Å². The number of aryl methyl sites for hydroxylation is 2. The van der Waals surface area contributed by atoms with Crippen LogP contribution in [0.25, 0.3) is 0 Å². The van der Waals surface area contributed by atoms with Gasteiger partial charge in [0.15, 0.2) is 6.54 Å². The Morgan fingerprint density at radius 3 is 2.36 bits per heavy atom. The lowest BCUT2D eigenvalue weighted by atomic mass is 10.1. The largest absolute Gasteiger partial charge is 0.327 e. The standard InChI is InChI=1S/C17H25N3O2/c1-13-7-8-15(11-14(13)2)18-17(22)19-16(21)12-20-9-5-3-4-6-10-20/h7-8,11H,3-6,9-10,12H2,1-2H3,(H2,18,19,21,22)/p+1. The van der Waals surface area contributed by atoms with Crippen molar-refractivity contribution in [2.45, 2.75) is 39.5 Å². The van der Waals surface area contributed by atoms with Gasteiger partial charge in [-0.3, -0.25) is 10.1 Å². The summed E-state index contributed by atoms with van der Waals surface area (Å²) in [6, 6.07) is 5.24. The van der Waals surface area contributed by atoms with Gasteiger partial charge in [0.25, 0.3) is 5.91 Å². The van der Waals surface area contributed by atoms with Crippen LogP contribution in [0.15, 0.2) is 18.2 Å². The van der Waals surface area contributed by atoms with Crippen LogP contribution in [-0.2, 0) is 4.79 Å². The fourth-order valence-corrected chi connectivity index (χ4v) is 2.78. The van der Waals surface area contributed by atoms with Gasteiger partial charge in [0, 0.05) is 5.69 Å². The van der Waals surface area contributed by atoms with Gasteiger partial charge in [-0.05, 0) is 62.8 Å². The topological polar surface area (TPSA) is 62.6 Å². The fourth-order valence-electron chi connectivity index (χ4n) is 2.78. The van der Waals surface area contributed by atoms with Gasteiger partial charge in [-0.2, -0.15) is 0 Å². The maximum atomic E-state index is 12.0. The Balaban J connectivity index is 1.80. The van der Waals surface area contributed by atoms with Crippen molar-refractivity contribution in [1.82, 2.24) is 5.32 Å². The second-order valence-corrected chi connectivity index (χ2v) is 6.14. The highest BCUT2D eigenvalue weighted by Crippen LogP contribution is 2.13. The minimum absolute atomic E-state index is 0.210. The first-order chi connectivity index (χ1) is 10.5. The highest BCUT2D eigenvalue weighted by atomic mass is 16.2. The molecule has 0 aliphatic carbocycles. The number of rotatable bonds is 3. The molecule has 0 spiro atoms. The van der Waals surface area contributed by atoms with Crippen LogP contribution in [0, 0.1) is 13.8 Å². The van der Waals surface area contributed by atoms with Gasteiger partial charge in [-0.15, -0.1) is 0 Å². The lowest BCUT2D eigenvalue weighted by Crippen LogP contribution is -3.13. The predicted molar refractivity (Wildman–Crippen MR) is 87.1 cm³/mol. The third-order valence-corrected chi connectivity index (χ3v) is 4.24. The zero-order valence-electron chi connectivity index (χ0n) is 13.5. The molecule has 0 radical (unpaired) electrons. The van der Waals surface area contributed by atoms with Gasteiger partial charge in [-0.1, -0.05) is 6.07 Å². The summed E-state index contributed by atoms with van der Waals surface area (Å²) in [5.41, 5.74) is 2.99. The molecule has 0 saturated carbocycles. The highest BCUT2D eigenvalue weighted by Gasteiger charge is 2.17. The molecule has 0 bridgehead atoms. The molecule has 1 aliphatic rings. The van der Waals surface area contributed by atoms with Gasteiger partial charge in [0.1, 0.15) is 0 Å². The summed E-state index contributed by atoms with van der Waals surface area (Å²) in [4.78, 5) is 25.1. The van der Waals surface area contributed by atoms with E-state index in [1.54, 1.807) is 0 Å². The quantitative estimate of drug-likeness (QED) is 0.790. The van der Waals surface area contributed by atoms with Crippen LogP contribution in [0.4, 0.5) is 10.5 Å². The molecular weight excluding hydrogens is 278 g/mol. The van der Waals surface area contributed by atoms with Crippen molar-refractivity contribution >= 4 is 17.6 Å². The van der Waals surface area contributed by atoms with E-state index in [1.807, 2.05) is 32.0 Å². The summed E-state index contributed by atoms with van der Waals surface area (Å²) >= 11 is 0. The molecule has 1 aromatic carbocycles. The summed E-state index contributed by atoms with van der Waals surface area (Å²) in [5.74, 6) is -0.210. The van der Waals surface area contributed by atoms with E-state index in [0.29, 0.717) is 12.2 Å². The van der Waals surface area contributed by atoms with Crippen LogP contribution >= 0.6 is 0 Å². The maximum absolute atomic E-state index is 12.0. The summed E-state index contributed by atoms with van der Waals surface area (Å²) in [5, 5.41) is 5.13. The van der Waals surface area contributed by atoms with Gasteiger partial charge in [0.05, 0.1) is 13.1 Å².